The first-order valence-electron chi connectivity index (χ1n) is 5.60. The first-order valence-corrected chi connectivity index (χ1v) is 9.48. The predicted molar refractivity (Wildman–Crippen MR) is 77.7 cm³/mol. The van der Waals surface area contributed by atoms with Gasteiger partial charge in [-0.3, -0.25) is 5.32 Å². The van der Waals surface area contributed by atoms with E-state index < -0.39 is 20.0 Å². The highest BCUT2D eigenvalue weighted by molar-refractivity contribution is 6.83. The van der Waals surface area contributed by atoms with Crippen LogP contribution in [0.4, 0.5) is 14.9 Å². The summed E-state index contributed by atoms with van der Waals surface area (Å²) in [7, 11) is -0.412. The lowest BCUT2D eigenvalue weighted by Crippen LogP contribution is -2.17. The third-order valence-electron chi connectivity index (χ3n) is 2.04. The highest BCUT2D eigenvalue weighted by Crippen LogP contribution is 2.24. The van der Waals surface area contributed by atoms with Crippen LogP contribution in [-0.4, -0.2) is 21.3 Å². The highest BCUT2D eigenvalue weighted by atomic mass is 35.5. The fourth-order valence-corrected chi connectivity index (χ4v) is 1.92. The standard InChI is InChI=1S/C13H15ClFNO2Si/c1-18-13(17)16-12-9(5-6-19(2,3)4)7-10(14)8-11(12)15/h7-8H,1-4H3,(H,16,17). The Kier molecular flexibility index (Phi) is 4.98. The number of nitrogens with one attached hydrogen (secondary N) is 1. The molecule has 0 heterocycles. The number of carbonyl (C=O) groups is 1. The van der Waals surface area contributed by atoms with Crippen molar-refractivity contribution in [1.82, 2.24) is 0 Å². The Balaban J connectivity index is 3.27. The zero-order valence-electron chi connectivity index (χ0n) is 11.2. The van der Waals surface area contributed by atoms with E-state index >= 15 is 0 Å². The van der Waals surface area contributed by atoms with Gasteiger partial charge in [0.1, 0.15) is 13.9 Å². The van der Waals surface area contributed by atoms with Crippen molar-refractivity contribution < 1.29 is 13.9 Å². The third kappa shape index (κ3) is 4.93. The average Bonchev–Trinajstić information content (AvgIpc) is 2.28. The molecule has 0 aliphatic carbocycles. The molecule has 0 saturated heterocycles. The minimum absolute atomic E-state index is 0.0120. The topological polar surface area (TPSA) is 38.3 Å². The summed E-state index contributed by atoms with van der Waals surface area (Å²) in [5.74, 6) is 2.24. The van der Waals surface area contributed by atoms with Crippen LogP contribution in [0, 0.1) is 17.3 Å². The van der Waals surface area contributed by atoms with Gasteiger partial charge in [0, 0.05) is 5.02 Å². The molecule has 0 radical (unpaired) electrons. The molecule has 1 aromatic carbocycles. The van der Waals surface area contributed by atoms with E-state index in [-0.39, 0.29) is 10.7 Å². The van der Waals surface area contributed by atoms with Crippen molar-refractivity contribution in [3.05, 3.63) is 28.5 Å². The summed E-state index contributed by atoms with van der Waals surface area (Å²) < 4.78 is 18.3. The first kappa shape index (κ1) is 15.5. The third-order valence-corrected chi connectivity index (χ3v) is 3.13. The Morgan fingerprint density at radius 3 is 2.58 bits per heavy atom. The summed E-state index contributed by atoms with van der Waals surface area (Å²) in [5, 5.41) is 2.54. The molecule has 0 spiro atoms. The number of benzene rings is 1. The van der Waals surface area contributed by atoms with Crippen LogP contribution in [-0.2, 0) is 4.74 Å². The molecule has 0 aliphatic rings. The van der Waals surface area contributed by atoms with Gasteiger partial charge in [-0.1, -0.05) is 37.2 Å². The Labute approximate surface area is 118 Å². The second-order valence-electron chi connectivity index (χ2n) is 4.93. The van der Waals surface area contributed by atoms with Crippen molar-refractivity contribution in [3.8, 4) is 11.5 Å². The molecule has 0 aliphatic heterocycles. The molecule has 1 N–H and O–H groups in total. The van der Waals surface area contributed by atoms with Gasteiger partial charge in [0.05, 0.1) is 18.4 Å². The number of halogens is 2. The fourth-order valence-electron chi connectivity index (χ4n) is 1.21. The van der Waals surface area contributed by atoms with Crippen LogP contribution in [0.3, 0.4) is 0 Å². The van der Waals surface area contributed by atoms with E-state index in [1.807, 2.05) is 0 Å². The van der Waals surface area contributed by atoms with Crippen LogP contribution in [0.5, 0.6) is 0 Å². The van der Waals surface area contributed by atoms with Crippen molar-refractivity contribution in [2.24, 2.45) is 0 Å². The van der Waals surface area contributed by atoms with E-state index in [1.54, 1.807) is 0 Å². The smallest absolute Gasteiger partial charge is 0.411 e. The zero-order valence-corrected chi connectivity index (χ0v) is 13.0. The summed E-state index contributed by atoms with van der Waals surface area (Å²) in [5.41, 5.74) is 3.43. The molecule has 0 fully saturated rings. The summed E-state index contributed by atoms with van der Waals surface area (Å²) in [4.78, 5) is 11.2. The fraction of sp³-hybridized carbons (Fsp3) is 0.308. The molecule has 6 heteroatoms. The minimum atomic E-state index is -1.62. The number of anilines is 1. The number of methoxy groups -OCH3 is 1. The summed E-state index contributed by atoms with van der Waals surface area (Å²) >= 11 is 5.80. The van der Waals surface area contributed by atoms with E-state index in [4.69, 9.17) is 11.6 Å². The largest absolute Gasteiger partial charge is 0.453 e. The Bertz CT molecular complexity index is 558. The maximum atomic E-state index is 13.8. The summed E-state index contributed by atoms with van der Waals surface area (Å²) in [6.45, 7) is 6.19. The Morgan fingerprint density at radius 2 is 2.05 bits per heavy atom. The van der Waals surface area contributed by atoms with Gasteiger partial charge in [0.15, 0.2) is 0 Å². The maximum Gasteiger partial charge on any atom is 0.411 e. The number of amides is 1. The van der Waals surface area contributed by atoms with Crippen molar-refractivity contribution in [2.75, 3.05) is 12.4 Å². The average molecular weight is 300 g/mol. The number of hydrogen-bond donors (Lipinski definition) is 1. The number of rotatable bonds is 1. The summed E-state index contributed by atoms with van der Waals surface area (Å²) in [6.07, 6.45) is -0.753. The van der Waals surface area contributed by atoms with Crippen molar-refractivity contribution in [2.45, 2.75) is 19.6 Å². The molecule has 102 valence electrons. The van der Waals surface area contributed by atoms with E-state index in [0.717, 1.165) is 6.07 Å². The Hall–Kier alpha value is -1.51. The molecule has 0 bridgehead atoms. The minimum Gasteiger partial charge on any atom is -0.453 e. The van der Waals surface area contributed by atoms with E-state index in [9.17, 15) is 9.18 Å². The molecular formula is C13H15ClFNO2Si. The molecule has 0 saturated carbocycles. The summed E-state index contributed by atoms with van der Waals surface area (Å²) in [6, 6.07) is 2.63. The van der Waals surface area contributed by atoms with E-state index in [2.05, 4.69) is 41.2 Å². The van der Waals surface area contributed by atoms with Gasteiger partial charge in [-0.05, 0) is 12.1 Å². The second kappa shape index (κ2) is 6.09. The quantitative estimate of drug-likeness (QED) is 0.631. The number of ether oxygens (including phenoxy) is 1. The maximum absolute atomic E-state index is 13.8. The predicted octanol–water partition coefficient (Wildman–Crippen LogP) is 3.89. The second-order valence-corrected chi connectivity index (χ2v) is 10.1. The van der Waals surface area contributed by atoms with Gasteiger partial charge in [0.25, 0.3) is 0 Å². The van der Waals surface area contributed by atoms with Crippen molar-refractivity contribution in [3.63, 3.8) is 0 Å². The van der Waals surface area contributed by atoms with Gasteiger partial charge in [-0.25, -0.2) is 9.18 Å². The lowest BCUT2D eigenvalue weighted by molar-refractivity contribution is 0.186. The lowest BCUT2D eigenvalue weighted by Gasteiger charge is -2.09. The van der Waals surface area contributed by atoms with Gasteiger partial charge in [-0.2, -0.15) is 0 Å². The molecule has 1 amide bonds. The number of carbonyl (C=O) groups excluding carboxylic acids is 1. The molecule has 19 heavy (non-hydrogen) atoms. The van der Waals surface area contributed by atoms with E-state index in [0.29, 0.717) is 5.56 Å². The van der Waals surface area contributed by atoms with Crippen LogP contribution in [0.2, 0.25) is 24.7 Å². The van der Waals surface area contributed by atoms with Crippen LogP contribution < -0.4 is 5.32 Å². The van der Waals surface area contributed by atoms with Crippen molar-refractivity contribution in [1.29, 1.82) is 0 Å². The normalized spacial score (nSPS) is 10.4. The number of hydrogen-bond acceptors (Lipinski definition) is 2. The molecule has 0 aromatic heterocycles. The van der Waals surface area contributed by atoms with Crippen LogP contribution in [0.1, 0.15) is 5.56 Å². The Morgan fingerprint density at radius 1 is 1.42 bits per heavy atom. The molecule has 0 unspecified atom stereocenters. The van der Waals surface area contributed by atoms with Crippen LogP contribution in [0.25, 0.3) is 0 Å². The molecule has 0 atom stereocenters. The first-order chi connectivity index (χ1) is 8.73. The van der Waals surface area contributed by atoms with Crippen LogP contribution in [0.15, 0.2) is 12.1 Å². The molecular weight excluding hydrogens is 285 g/mol. The molecule has 1 rings (SSSR count). The van der Waals surface area contributed by atoms with Crippen LogP contribution >= 0.6 is 11.6 Å². The monoisotopic (exact) mass is 299 g/mol. The van der Waals surface area contributed by atoms with E-state index in [1.165, 1.54) is 13.2 Å². The zero-order chi connectivity index (χ0) is 14.6. The molecule has 1 aromatic rings. The molecule has 3 nitrogen and oxygen atoms in total. The lowest BCUT2D eigenvalue weighted by atomic mass is 10.2. The highest BCUT2D eigenvalue weighted by Gasteiger charge is 2.14. The van der Waals surface area contributed by atoms with Crippen molar-refractivity contribution >= 4 is 31.5 Å². The van der Waals surface area contributed by atoms with Gasteiger partial charge in [-0.15, -0.1) is 5.54 Å². The van der Waals surface area contributed by atoms with Gasteiger partial charge < -0.3 is 4.74 Å². The van der Waals surface area contributed by atoms with Gasteiger partial charge in [0.2, 0.25) is 0 Å². The SMILES string of the molecule is COC(=O)Nc1c(F)cc(Cl)cc1C#C[Si](C)(C)C. The van der Waals surface area contributed by atoms with Gasteiger partial charge >= 0.3 is 6.09 Å².